The van der Waals surface area contributed by atoms with Crippen molar-refractivity contribution in [2.45, 2.75) is 296 Å². The first-order chi connectivity index (χ1) is 57.2. The minimum Gasteiger partial charge on any atom is -0.192 e. The molecular formula is C112H126N4. The zero-order valence-electron chi connectivity index (χ0n) is 70.7. The SMILES string of the molecule is CCCCCCCCCCCC(CCCCCCCCCCC)c1ccc2c(c1)cc(-c1ccc(C#N)cc1)c1cc3c(cc12)c(-c1ccc(C#N)cc1)cc1c3ccc2c3cc4c(-c5ccc(C#N)cc5)cc5cc(C(CCCCCCCCCCC)CCCCCCCCCCC)ccc5c4cc3c(-c3ccc(C#N)cc3)cc21. The molecule has 4 heteroatoms. The molecule has 0 aliphatic carbocycles. The number of nitrogens with zero attached hydrogens (tertiary/aromatic N) is 4. The molecule has 0 aliphatic rings. The Hall–Kier alpha value is -10.1. The Bertz CT molecular complexity index is 5200. The van der Waals surface area contributed by atoms with Crippen LogP contribution < -0.4 is 0 Å². The fraction of sp³-hybridized carbons (Fsp3) is 0.411. The third-order valence-electron chi connectivity index (χ3n) is 26.1. The zero-order chi connectivity index (χ0) is 80.2. The lowest BCUT2D eigenvalue weighted by Crippen LogP contribution is -2.00. The molecule has 0 saturated heterocycles. The molecule has 13 aromatic carbocycles. The van der Waals surface area contributed by atoms with Crippen LogP contribution in [-0.2, 0) is 0 Å². The molecule has 0 fully saturated rings. The van der Waals surface area contributed by atoms with Crippen molar-refractivity contribution in [3.05, 3.63) is 228 Å². The average molecular weight is 1530 g/mol. The van der Waals surface area contributed by atoms with E-state index in [0.717, 1.165) is 98.4 Å². The lowest BCUT2D eigenvalue weighted by Gasteiger charge is -2.21. The topological polar surface area (TPSA) is 95.2 Å². The molecule has 116 heavy (non-hydrogen) atoms. The van der Waals surface area contributed by atoms with E-state index in [9.17, 15) is 21.0 Å². The van der Waals surface area contributed by atoms with Crippen molar-refractivity contribution in [1.29, 1.82) is 21.0 Å². The van der Waals surface area contributed by atoms with Crippen LogP contribution >= 0.6 is 0 Å². The fourth-order valence-electron chi connectivity index (χ4n) is 19.3. The van der Waals surface area contributed by atoms with Gasteiger partial charge in [0.2, 0.25) is 0 Å². The van der Waals surface area contributed by atoms with Gasteiger partial charge < -0.3 is 0 Å². The second kappa shape index (κ2) is 43.2. The van der Waals surface area contributed by atoms with Crippen LogP contribution in [0.25, 0.3) is 131 Å². The molecule has 0 bridgehead atoms. The van der Waals surface area contributed by atoms with Crippen LogP contribution in [0.2, 0.25) is 0 Å². The van der Waals surface area contributed by atoms with Crippen molar-refractivity contribution >= 4 is 86.2 Å². The van der Waals surface area contributed by atoms with Gasteiger partial charge in [0, 0.05) is 0 Å². The van der Waals surface area contributed by atoms with Gasteiger partial charge in [0.1, 0.15) is 0 Å². The molecule has 0 atom stereocenters. The van der Waals surface area contributed by atoms with Crippen LogP contribution in [0.5, 0.6) is 0 Å². The highest BCUT2D eigenvalue weighted by atomic mass is 14.3. The average Bonchev–Trinajstić information content (AvgIpc) is 0.716. The molecule has 0 aromatic heterocycles. The Morgan fingerprint density at radius 2 is 0.397 bits per heavy atom. The summed E-state index contributed by atoms with van der Waals surface area (Å²) in [7, 11) is 0. The molecule has 13 rings (SSSR count). The summed E-state index contributed by atoms with van der Waals surface area (Å²) in [5.41, 5.74) is 14.2. The predicted octanol–water partition coefficient (Wildman–Crippen LogP) is 34.9. The van der Waals surface area contributed by atoms with E-state index in [0.29, 0.717) is 34.1 Å². The first kappa shape index (κ1) is 83.8. The van der Waals surface area contributed by atoms with Gasteiger partial charge in [-0.3, -0.25) is 0 Å². The van der Waals surface area contributed by atoms with Gasteiger partial charge in [-0.25, -0.2) is 0 Å². The number of hydrogen-bond donors (Lipinski definition) is 0. The van der Waals surface area contributed by atoms with E-state index >= 15 is 0 Å². The van der Waals surface area contributed by atoms with Gasteiger partial charge in [-0.1, -0.05) is 356 Å². The molecule has 0 saturated carbocycles. The Morgan fingerprint density at radius 1 is 0.190 bits per heavy atom. The van der Waals surface area contributed by atoms with Crippen molar-refractivity contribution in [1.82, 2.24) is 0 Å². The van der Waals surface area contributed by atoms with Gasteiger partial charge in [0.25, 0.3) is 0 Å². The molecule has 0 radical (unpaired) electrons. The van der Waals surface area contributed by atoms with Crippen LogP contribution in [0.4, 0.5) is 0 Å². The highest BCUT2D eigenvalue weighted by Crippen LogP contribution is 2.49. The van der Waals surface area contributed by atoms with Crippen LogP contribution in [-0.4, -0.2) is 0 Å². The summed E-state index contributed by atoms with van der Waals surface area (Å²) in [4.78, 5) is 0. The summed E-state index contributed by atoms with van der Waals surface area (Å²) in [5, 5.41) is 59.7. The van der Waals surface area contributed by atoms with Gasteiger partial charge in [0.05, 0.1) is 46.5 Å². The minimum absolute atomic E-state index is 0.491. The van der Waals surface area contributed by atoms with E-state index in [1.165, 1.54) is 300 Å². The standard InChI is InChI=1S/C112H126N4/c1-5-9-13-17-21-25-29-33-37-41-85(42-38-34-30-26-22-18-14-10-6-2)91-61-63-95-93(67-91)69-99(87-53-45-81(77-113)46-54-87)109-75-107-97-65-66-98-106(105(97)71-101(111(107)73-103(95)109)89-57-49-83(79-115)50-58-89)72-102(90-59-51-84(80-116)52-60-90)112-74-104-96-64-62-92(68-94(96)70-100(110(104)76-108(98)112)88-55-47-82(78-114)48-56-88)86(43-39-35-31-27-23-19-15-11-7-3)44-40-36-32-28-24-20-16-12-8-4/h45-76,85-86H,5-44H2,1-4H3. The molecule has 0 spiro atoms. The number of hydrogen-bond acceptors (Lipinski definition) is 4. The number of fused-ring (bicyclic) bond motifs is 13. The van der Waals surface area contributed by atoms with E-state index in [1.54, 1.807) is 0 Å². The van der Waals surface area contributed by atoms with E-state index in [4.69, 9.17) is 0 Å². The molecule has 4 nitrogen and oxygen atoms in total. The van der Waals surface area contributed by atoms with Crippen LogP contribution in [0, 0.1) is 45.3 Å². The number of benzene rings is 13. The summed E-state index contributed by atoms with van der Waals surface area (Å²) in [6.45, 7) is 9.23. The van der Waals surface area contributed by atoms with Gasteiger partial charge in [-0.05, 0) is 276 Å². The normalized spacial score (nSPS) is 11.7. The monoisotopic (exact) mass is 1530 g/mol. The van der Waals surface area contributed by atoms with E-state index in [2.05, 4.69) is 198 Å². The van der Waals surface area contributed by atoms with Gasteiger partial charge in [-0.2, -0.15) is 21.0 Å². The van der Waals surface area contributed by atoms with Crippen LogP contribution in [0.3, 0.4) is 0 Å². The molecule has 0 aliphatic heterocycles. The number of rotatable bonds is 46. The molecule has 0 N–H and O–H groups in total. The quantitative estimate of drug-likeness (QED) is 0.0216. The zero-order valence-corrected chi connectivity index (χ0v) is 70.7. The van der Waals surface area contributed by atoms with Crippen LogP contribution in [0.1, 0.15) is 330 Å². The van der Waals surface area contributed by atoms with Crippen molar-refractivity contribution < 1.29 is 0 Å². The van der Waals surface area contributed by atoms with Crippen molar-refractivity contribution in [3.63, 3.8) is 0 Å². The van der Waals surface area contributed by atoms with Crippen molar-refractivity contribution in [3.8, 4) is 68.8 Å². The maximum Gasteiger partial charge on any atom is 0.0991 e. The highest BCUT2D eigenvalue weighted by Gasteiger charge is 2.23. The summed E-state index contributed by atoms with van der Waals surface area (Å²) < 4.78 is 0. The summed E-state index contributed by atoms with van der Waals surface area (Å²) in [6, 6.07) is 81.8. The van der Waals surface area contributed by atoms with Crippen molar-refractivity contribution in [2.24, 2.45) is 0 Å². The number of nitriles is 4. The molecule has 13 aromatic rings. The van der Waals surface area contributed by atoms with E-state index < -0.39 is 0 Å². The Kier molecular flexibility index (Phi) is 31.2. The molecular weight excluding hydrogens is 1400 g/mol. The molecule has 0 unspecified atom stereocenters. The second-order valence-corrected chi connectivity index (χ2v) is 34.4. The predicted molar refractivity (Wildman–Crippen MR) is 500 cm³/mol. The maximum absolute atomic E-state index is 10.3. The van der Waals surface area contributed by atoms with E-state index in [1.807, 2.05) is 48.5 Å². The fourth-order valence-corrected chi connectivity index (χ4v) is 19.3. The Labute approximate surface area is 695 Å². The first-order valence-corrected chi connectivity index (χ1v) is 46.0. The first-order valence-electron chi connectivity index (χ1n) is 46.0. The van der Waals surface area contributed by atoms with Gasteiger partial charge >= 0.3 is 0 Å². The summed E-state index contributed by atoms with van der Waals surface area (Å²) in [5.74, 6) is 0.983. The Balaban J connectivity index is 0.969. The lowest BCUT2D eigenvalue weighted by atomic mass is 9.83. The van der Waals surface area contributed by atoms with Crippen molar-refractivity contribution in [2.75, 3.05) is 0 Å². The lowest BCUT2D eigenvalue weighted by molar-refractivity contribution is 0.482. The second-order valence-electron chi connectivity index (χ2n) is 34.4. The number of unbranched alkanes of at least 4 members (excludes halogenated alkanes) is 32. The Morgan fingerprint density at radius 3 is 0.638 bits per heavy atom. The highest BCUT2D eigenvalue weighted by molar-refractivity contribution is 6.31. The smallest absolute Gasteiger partial charge is 0.0991 e. The van der Waals surface area contributed by atoms with Gasteiger partial charge in [-0.15, -0.1) is 0 Å². The molecule has 594 valence electrons. The van der Waals surface area contributed by atoms with Gasteiger partial charge in [0.15, 0.2) is 0 Å². The summed E-state index contributed by atoms with van der Waals surface area (Å²) in [6.07, 6.45) is 52.8. The maximum atomic E-state index is 10.3. The molecule has 0 heterocycles. The largest absolute Gasteiger partial charge is 0.192 e. The van der Waals surface area contributed by atoms with E-state index in [-0.39, 0.29) is 0 Å². The van der Waals surface area contributed by atoms with Crippen LogP contribution in [0.15, 0.2) is 194 Å². The minimum atomic E-state index is 0.491. The third-order valence-corrected chi connectivity index (χ3v) is 26.1. The summed E-state index contributed by atoms with van der Waals surface area (Å²) >= 11 is 0. The molecule has 0 amide bonds. The third kappa shape index (κ3) is 21.0.